The molecule has 0 bridgehead atoms. The molecule has 178 valence electrons. The van der Waals surface area contributed by atoms with E-state index in [1.54, 1.807) is 0 Å². The number of hydrogen-bond donors (Lipinski definition) is 1. The Labute approximate surface area is 176 Å². The van der Waals surface area contributed by atoms with Gasteiger partial charge in [0.15, 0.2) is 0 Å². The molecule has 0 aromatic heterocycles. The number of nitrogens with one attached hydrogen (secondary N) is 1. The van der Waals surface area contributed by atoms with Crippen LogP contribution >= 0.6 is 7.60 Å². The summed E-state index contributed by atoms with van der Waals surface area (Å²) in [4.78, 5) is 13.5. The number of rotatable bonds is 10. The van der Waals surface area contributed by atoms with Gasteiger partial charge in [-0.3, -0.25) is 9.36 Å². The summed E-state index contributed by atoms with van der Waals surface area (Å²) in [5.41, 5.74) is -8.20. The van der Waals surface area contributed by atoms with E-state index in [0.717, 1.165) is 22.3 Å². The number of nitrogens with zero attached hydrogens (tertiary/aromatic N) is 1. The summed E-state index contributed by atoms with van der Waals surface area (Å²) in [6.07, 6.45) is -12.2. The lowest BCUT2D eigenvalue weighted by Crippen LogP contribution is -2.74. The van der Waals surface area contributed by atoms with Crippen molar-refractivity contribution in [2.75, 3.05) is 33.9 Å². The number of benzene rings is 1. The fourth-order valence-electron chi connectivity index (χ4n) is 3.00. The Morgan fingerprint density at radius 3 is 1.81 bits per heavy atom. The van der Waals surface area contributed by atoms with Crippen molar-refractivity contribution in [3.63, 3.8) is 0 Å². The van der Waals surface area contributed by atoms with E-state index in [-0.39, 0.29) is 0 Å². The van der Waals surface area contributed by atoms with Crippen LogP contribution in [0.2, 0.25) is 0 Å². The number of alkyl halides is 6. The molecule has 1 N–H and O–H groups in total. The van der Waals surface area contributed by atoms with Gasteiger partial charge in [0.05, 0.1) is 13.2 Å². The van der Waals surface area contributed by atoms with Gasteiger partial charge in [-0.15, -0.1) is 0 Å². The van der Waals surface area contributed by atoms with Crippen LogP contribution in [0, 0.1) is 0 Å². The van der Waals surface area contributed by atoms with Gasteiger partial charge in [-0.1, -0.05) is 18.2 Å². The zero-order valence-corrected chi connectivity index (χ0v) is 18.3. The molecule has 0 spiro atoms. The van der Waals surface area contributed by atoms with Crippen molar-refractivity contribution in [1.29, 1.82) is 0 Å². The molecule has 0 heterocycles. The second kappa shape index (κ2) is 10.3. The summed E-state index contributed by atoms with van der Waals surface area (Å²) in [6, 6.07) is 6.10. The van der Waals surface area contributed by atoms with Crippen LogP contribution in [0.5, 0.6) is 0 Å². The van der Waals surface area contributed by atoms with Crippen molar-refractivity contribution < 1.29 is 44.7 Å². The van der Waals surface area contributed by atoms with Crippen LogP contribution in [-0.4, -0.2) is 68.2 Å². The first-order valence-electron chi connectivity index (χ1n) is 9.20. The molecule has 31 heavy (non-hydrogen) atoms. The summed E-state index contributed by atoms with van der Waals surface area (Å²) in [7, 11) is -2.64. The van der Waals surface area contributed by atoms with Gasteiger partial charge in [-0.2, -0.15) is 26.3 Å². The lowest BCUT2D eigenvalue weighted by molar-refractivity contribution is -0.305. The first kappa shape index (κ1) is 27.4. The van der Waals surface area contributed by atoms with E-state index in [9.17, 15) is 35.7 Å². The number of amides is 1. The Balaban J connectivity index is 3.85. The molecule has 0 saturated carbocycles. The topological polar surface area (TPSA) is 67.9 Å². The molecule has 0 aliphatic heterocycles. The van der Waals surface area contributed by atoms with E-state index >= 15 is 0 Å². The summed E-state index contributed by atoms with van der Waals surface area (Å²) >= 11 is 0. The minimum Gasteiger partial charge on any atom is -0.330 e. The molecule has 1 unspecified atom stereocenters. The van der Waals surface area contributed by atoms with E-state index in [0.29, 0.717) is 0 Å². The number of carbonyl (C=O) groups excluding carboxylic acids is 1. The lowest BCUT2D eigenvalue weighted by atomic mass is 9.91. The summed E-state index contributed by atoms with van der Waals surface area (Å²) in [5.74, 6) is -1.64. The van der Waals surface area contributed by atoms with Crippen LogP contribution in [0.4, 0.5) is 26.3 Å². The van der Waals surface area contributed by atoms with Crippen molar-refractivity contribution in [3.8, 4) is 0 Å². The van der Waals surface area contributed by atoms with Gasteiger partial charge in [0.25, 0.3) is 5.91 Å². The van der Waals surface area contributed by atoms with Gasteiger partial charge in [-0.05, 0) is 40.1 Å². The molecule has 1 atom stereocenters. The summed E-state index contributed by atoms with van der Waals surface area (Å²) < 4.78 is 109. The molecule has 1 rings (SSSR count). The quantitative estimate of drug-likeness (QED) is 0.397. The summed E-state index contributed by atoms with van der Waals surface area (Å²) in [6.45, 7) is 0.554. The minimum absolute atomic E-state index is 0.438. The molecule has 1 aromatic carbocycles. The third-order valence-electron chi connectivity index (χ3n) is 4.28. The van der Waals surface area contributed by atoms with Crippen LogP contribution in [-0.2, 0) is 13.6 Å². The van der Waals surface area contributed by atoms with Gasteiger partial charge in [0, 0.05) is 12.1 Å². The van der Waals surface area contributed by atoms with Crippen molar-refractivity contribution in [3.05, 3.63) is 35.9 Å². The fraction of sp³-hybridized carbons (Fsp3) is 0.611. The molecule has 0 radical (unpaired) electrons. The van der Waals surface area contributed by atoms with Crippen LogP contribution in [0.1, 0.15) is 24.2 Å². The second-order valence-corrected chi connectivity index (χ2v) is 9.00. The van der Waals surface area contributed by atoms with Gasteiger partial charge in [0.2, 0.25) is 5.54 Å². The molecule has 0 saturated heterocycles. The van der Waals surface area contributed by atoms with Crippen LogP contribution in [0.15, 0.2) is 30.3 Å². The van der Waals surface area contributed by atoms with Gasteiger partial charge < -0.3 is 19.3 Å². The third-order valence-corrected chi connectivity index (χ3v) is 6.83. The Hall–Kier alpha value is -1.62. The van der Waals surface area contributed by atoms with E-state index in [1.165, 1.54) is 46.1 Å². The molecular weight excluding hydrogens is 453 g/mol. The fourth-order valence-corrected chi connectivity index (χ4v) is 5.51. The van der Waals surface area contributed by atoms with E-state index in [1.807, 2.05) is 0 Å². The highest BCUT2D eigenvalue weighted by Crippen LogP contribution is 2.62. The van der Waals surface area contributed by atoms with Gasteiger partial charge >= 0.3 is 19.9 Å². The molecular formula is C18H25F6N2O4P. The molecule has 0 fully saturated rings. The van der Waals surface area contributed by atoms with Gasteiger partial charge in [0.1, 0.15) is 5.66 Å². The number of carbonyl (C=O) groups is 1. The minimum atomic E-state index is -6.10. The van der Waals surface area contributed by atoms with Crippen molar-refractivity contribution in [2.24, 2.45) is 0 Å². The highest BCUT2D eigenvalue weighted by atomic mass is 31.2. The first-order chi connectivity index (χ1) is 14.2. The zero-order chi connectivity index (χ0) is 24.1. The van der Waals surface area contributed by atoms with Crippen molar-refractivity contribution in [2.45, 2.75) is 37.4 Å². The molecule has 13 heteroatoms. The average Bonchev–Trinajstić information content (AvgIpc) is 2.63. The standard InChI is InChI=1S/C18H25F6N2O4P/c1-5-29-31(28,30-6-2)14(12-26(3)4)16(17(19,20)21,18(22,23)24)25-15(27)13-10-8-7-9-11-13/h7-11,14H,5-6,12H2,1-4H3,(H,25,27). The van der Waals surface area contributed by atoms with Crippen LogP contribution in [0.25, 0.3) is 0 Å². The Morgan fingerprint density at radius 1 is 1.00 bits per heavy atom. The molecule has 0 aliphatic rings. The largest absolute Gasteiger partial charge is 0.421 e. The van der Waals surface area contributed by atoms with Crippen LogP contribution in [0.3, 0.4) is 0 Å². The normalized spacial score (nSPS) is 14.5. The molecule has 0 aliphatic carbocycles. The predicted octanol–water partition coefficient (Wildman–Crippen LogP) is 4.48. The Morgan fingerprint density at radius 2 is 1.45 bits per heavy atom. The highest BCUT2D eigenvalue weighted by molar-refractivity contribution is 7.54. The third kappa shape index (κ3) is 6.00. The maximum Gasteiger partial charge on any atom is 0.421 e. The first-order valence-corrected chi connectivity index (χ1v) is 10.8. The molecule has 1 aromatic rings. The average molecular weight is 478 g/mol. The lowest BCUT2D eigenvalue weighted by Gasteiger charge is -2.45. The number of halogens is 6. The summed E-state index contributed by atoms with van der Waals surface area (Å²) in [5, 5.41) is 1.11. The predicted molar refractivity (Wildman–Crippen MR) is 102 cm³/mol. The number of hydrogen-bond acceptors (Lipinski definition) is 5. The SMILES string of the molecule is CCOP(=O)(OCC)C(CN(C)C)C(NC(=O)c1ccccc1)(C(F)(F)F)C(F)(F)F. The highest BCUT2D eigenvalue weighted by Gasteiger charge is 2.78. The van der Waals surface area contributed by atoms with E-state index in [2.05, 4.69) is 0 Å². The second-order valence-electron chi connectivity index (χ2n) is 6.78. The maximum absolute atomic E-state index is 14.3. The van der Waals surface area contributed by atoms with Crippen molar-refractivity contribution in [1.82, 2.24) is 10.2 Å². The van der Waals surface area contributed by atoms with Crippen molar-refractivity contribution >= 4 is 13.5 Å². The monoisotopic (exact) mass is 478 g/mol. The van der Waals surface area contributed by atoms with E-state index in [4.69, 9.17) is 9.05 Å². The van der Waals surface area contributed by atoms with Crippen LogP contribution < -0.4 is 5.32 Å². The van der Waals surface area contributed by atoms with Gasteiger partial charge in [-0.25, -0.2) is 0 Å². The zero-order valence-electron chi connectivity index (χ0n) is 17.4. The molecule has 1 amide bonds. The maximum atomic E-state index is 14.3. The molecule has 6 nitrogen and oxygen atoms in total. The Kier molecular flexibility index (Phi) is 9.14. The smallest absolute Gasteiger partial charge is 0.330 e. The Bertz CT molecular complexity index is 747. The van der Waals surface area contributed by atoms with E-state index < -0.39 is 62.4 Å².